The van der Waals surface area contributed by atoms with Crippen LogP contribution in [0.4, 0.5) is 0 Å². The molecule has 6 heteroatoms. The Morgan fingerprint density at radius 2 is 1.63 bits per heavy atom. The van der Waals surface area contributed by atoms with Gasteiger partial charge in [-0.2, -0.15) is 0 Å². The number of aliphatic imine (C=N–C) groups is 1. The second kappa shape index (κ2) is 10.3. The van der Waals surface area contributed by atoms with E-state index in [1.807, 2.05) is 0 Å². The summed E-state index contributed by atoms with van der Waals surface area (Å²) in [7, 11) is 0. The van der Waals surface area contributed by atoms with Gasteiger partial charge in [0.1, 0.15) is 0 Å². The Morgan fingerprint density at radius 3 is 2.30 bits per heavy atom. The molecule has 0 aromatic carbocycles. The second-order valence-corrected chi connectivity index (χ2v) is 8.52. The van der Waals surface area contributed by atoms with Crippen molar-refractivity contribution in [1.82, 2.24) is 20.9 Å². The molecule has 1 amide bonds. The van der Waals surface area contributed by atoms with E-state index in [1.54, 1.807) is 0 Å². The molecule has 27 heavy (non-hydrogen) atoms. The van der Waals surface area contributed by atoms with E-state index in [4.69, 9.17) is 4.99 Å². The van der Waals surface area contributed by atoms with Gasteiger partial charge in [-0.1, -0.05) is 25.7 Å². The van der Waals surface area contributed by atoms with E-state index in [0.717, 1.165) is 38.4 Å². The van der Waals surface area contributed by atoms with Gasteiger partial charge >= 0.3 is 0 Å². The second-order valence-electron chi connectivity index (χ2n) is 8.52. The number of carbonyl (C=O) groups excluding carboxylic acids is 1. The first kappa shape index (κ1) is 20.4. The van der Waals surface area contributed by atoms with Crippen LogP contribution in [0.2, 0.25) is 0 Å². The van der Waals surface area contributed by atoms with Gasteiger partial charge in [-0.15, -0.1) is 0 Å². The third kappa shape index (κ3) is 6.09. The molecule has 0 aromatic rings. The first-order valence-corrected chi connectivity index (χ1v) is 11.3. The Morgan fingerprint density at radius 1 is 0.963 bits per heavy atom. The minimum absolute atomic E-state index is 0.213. The van der Waals surface area contributed by atoms with Crippen molar-refractivity contribution in [1.29, 1.82) is 0 Å². The zero-order valence-corrected chi connectivity index (χ0v) is 17.2. The van der Waals surface area contributed by atoms with Crippen molar-refractivity contribution in [3.63, 3.8) is 0 Å². The topological polar surface area (TPSA) is 68.8 Å². The molecule has 2 aliphatic carbocycles. The van der Waals surface area contributed by atoms with E-state index < -0.39 is 0 Å². The van der Waals surface area contributed by atoms with Crippen molar-refractivity contribution >= 4 is 11.9 Å². The summed E-state index contributed by atoms with van der Waals surface area (Å²) in [5, 5.41) is 9.79. The number of likely N-dealkylation sites (tertiary alicyclic amines) is 1. The Bertz CT molecular complexity index is 491. The van der Waals surface area contributed by atoms with Gasteiger partial charge in [0.05, 0.1) is 6.54 Å². The number of amides is 1. The summed E-state index contributed by atoms with van der Waals surface area (Å²) in [6.45, 7) is 7.72. The van der Waals surface area contributed by atoms with Crippen molar-refractivity contribution in [2.24, 2.45) is 10.9 Å². The fourth-order valence-corrected chi connectivity index (χ4v) is 4.58. The highest BCUT2D eigenvalue weighted by molar-refractivity contribution is 5.81. The summed E-state index contributed by atoms with van der Waals surface area (Å²) in [6.07, 6.45) is 12.8. The van der Waals surface area contributed by atoms with Gasteiger partial charge in [-0.25, -0.2) is 0 Å². The molecule has 0 bridgehead atoms. The predicted octanol–water partition coefficient (Wildman–Crippen LogP) is 2.26. The van der Waals surface area contributed by atoms with E-state index >= 15 is 0 Å². The van der Waals surface area contributed by atoms with Crippen LogP contribution in [0.25, 0.3) is 0 Å². The standard InChI is InChI=1S/C21H39N5O/c1-2-22-20(24-14-13-23-19(27)18-9-10-18)25-17-21(11-5-3-6-12-21)26-15-7-4-8-16-26/h18H,2-17H2,1H3,(H,23,27)(H2,22,24,25). The third-order valence-electron chi connectivity index (χ3n) is 6.35. The van der Waals surface area contributed by atoms with Gasteiger partial charge in [0.2, 0.25) is 5.91 Å². The van der Waals surface area contributed by atoms with Gasteiger partial charge in [-0.3, -0.25) is 14.7 Å². The molecule has 0 radical (unpaired) electrons. The highest BCUT2D eigenvalue weighted by atomic mass is 16.2. The Hall–Kier alpha value is -1.30. The van der Waals surface area contributed by atoms with Crippen molar-refractivity contribution in [3.8, 4) is 0 Å². The summed E-state index contributed by atoms with van der Waals surface area (Å²) >= 11 is 0. The third-order valence-corrected chi connectivity index (χ3v) is 6.35. The van der Waals surface area contributed by atoms with Crippen LogP contribution in [0.1, 0.15) is 71.1 Å². The molecule has 154 valence electrons. The number of hydrogen-bond acceptors (Lipinski definition) is 3. The van der Waals surface area contributed by atoms with E-state index in [2.05, 4.69) is 27.8 Å². The van der Waals surface area contributed by atoms with Crippen LogP contribution in [0.3, 0.4) is 0 Å². The molecule has 0 unspecified atom stereocenters. The van der Waals surface area contributed by atoms with Crippen molar-refractivity contribution in [3.05, 3.63) is 0 Å². The van der Waals surface area contributed by atoms with Crippen LogP contribution >= 0.6 is 0 Å². The number of rotatable bonds is 8. The molecule has 0 aromatic heterocycles. The zero-order valence-electron chi connectivity index (χ0n) is 17.2. The van der Waals surface area contributed by atoms with Crippen LogP contribution in [0, 0.1) is 5.92 Å². The normalized spacial score (nSPS) is 23.7. The number of hydrogen-bond donors (Lipinski definition) is 3. The minimum Gasteiger partial charge on any atom is -0.357 e. The maximum Gasteiger partial charge on any atom is 0.223 e. The largest absolute Gasteiger partial charge is 0.357 e. The molecule has 0 atom stereocenters. The van der Waals surface area contributed by atoms with Crippen molar-refractivity contribution in [2.45, 2.75) is 76.7 Å². The van der Waals surface area contributed by atoms with E-state index in [-0.39, 0.29) is 17.4 Å². The molecule has 3 fully saturated rings. The Labute approximate surface area is 164 Å². The SMILES string of the molecule is CCNC(=NCC1(N2CCCCC2)CCCCC1)NCCNC(=O)C1CC1. The van der Waals surface area contributed by atoms with Crippen LogP contribution in [0.15, 0.2) is 4.99 Å². The molecule has 2 saturated carbocycles. The lowest BCUT2D eigenvalue weighted by molar-refractivity contribution is -0.122. The highest BCUT2D eigenvalue weighted by Gasteiger charge is 2.38. The fraction of sp³-hybridized carbons (Fsp3) is 0.905. The lowest BCUT2D eigenvalue weighted by atomic mass is 9.79. The Balaban J connectivity index is 1.52. The summed E-state index contributed by atoms with van der Waals surface area (Å²) < 4.78 is 0. The van der Waals surface area contributed by atoms with Gasteiger partial charge in [0.25, 0.3) is 0 Å². The number of nitrogens with zero attached hydrogens (tertiary/aromatic N) is 2. The fourth-order valence-electron chi connectivity index (χ4n) is 4.58. The molecule has 1 heterocycles. The summed E-state index contributed by atoms with van der Waals surface area (Å²) in [6, 6.07) is 0. The van der Waals surface area contributed by atoms with Crippen LogP contribution < -0.4 is 16.0 Å². The van der Waals surface area contributed by atoms with Crippen LogP contribution in [-0.4, -0.2) is 61.6 Å². The lowest BCUT2D eigenvalue weighted by Crippen LogP contribution is -2.54. The van der Waals surface area contributed by atoms with Crippen LogP contribution in [-0.2, 0) is 4.79 Å². The molecule has 3 rings (SSSR count). The minimum atomic E-state index is 0.213. The van der Waals surface area contributed by atoms with Crippen molar-refractivity contribution < 1.29 is 4.79 Å². The smallest absolute Gasteiger partial charge is 0.223 e. The van der Waals surface area contributed by atoms with Gasteiger partial charge < -0.3 is 16.0 Å². The number of piperidine rings is 1. The molecular formula is C21H39N5O. The number of guanidine groups is 1. The van der Waals surface area contributed by atoms with Crippen LogP contribution in [0.5, 0.6) is 0 Å². The zero-order chi connectivity index (χ0) is 19.0. The molecule has 3 aliphatic rings. The molecule has 0 spiro atoms. The van der Waals surface area contributed by atoms with Crippen molar-refractivity contribution in [2.75, 3.05) is 39.3 Å². The molecule has 6 nitrogen and oxygen atoms in total. The highest BCUT2D eigenvalue weighted by Crippen LogP contribution is 2.35. The molecule has 3 N–H and O–H groups in total. The summed E-state index contributed by atoms with van der Waals surface area (Å²) in [4.78, 5) is 19.5. The van der Waals surface area contributed by atoms with Gasteiger partial charge in [0.15, 0.2) is 5.96 Å². The number of carbonyl (C=O) groups is 1. The van der Waals surface area contributed by atoms with Gasteiger partial charge in [-0.05, 0) is 58.5 Å². The quantitative estimate of drug-likeness (QED) is 0.345. The maximum absolute atomic E-state index is 11.7. The summed E-state index contributed by atoms with van der Waals surface area (Å²) in [5.41, 5.74) is 0.265. The average Bonchev–Trinajstić information content (AvgIpc) is 3.56. The first-order chi connectivity index (χ1) is 13.2. The Kier molecular flexibility index (Phi) is 7.80. The molecule has 1 aliphatic heterocycles. The average molecular weight is 378 g/mol. The lowest BCUT2D eigenvalue weighted by Gasteiger charge is -2.47. The predicted molar refractivity (Wildman–Crippen MR) is 111 cm³/mol. The first-order valence-electron chi connectivity index (χ1n) is 11.3. The molecular weight excluding hydrogens is 338 g/mol. The molecule has 1 saturated heterocycles. The van der Waals surface area contributed by atoms with E-state index in [9.17, 15) is 4.79 Å². The van der Waals surface area contributed by atoms with E-state index in [1.165, 1.54) is 64.5 Å². The summed E-state index contributed by atoms with van der Waals surface area (Å²) in [5.74, 6) is 1.38. The van der Waals surface area contributed by atoms with Gasteiger partial charge in [0, 0.05) is 31.1 Å². The maximum atomic E-state index is 11.7. The van der Waals surface area contributed by atoms with E-state index in [0.29, 0.717) is 6.54 Å². The number of nitrogens with one attached hydrogen (secondary N) is 3. The monoisotopic (exact) mass is 377 g/mol.